The molecule has 3 N–H and O–H groups in total. The molecule has 18 heavy (non-hydrogen) atoms. The summed E-state index contributed by atoms with van der Waals surface area (Å²) in [5.74, 6) is 1.11. The van der Waals surface area contributed by atoms with Gasteiger partial charge >= 0.3 is 6.09 Å². The second-order valence-corrected chi connectivity index (χ2v) is 4.59. The first-order valence-electron chi connectivity index (χ1n) is 5.82. The van der Waals surface area contributed by atoms with E-state index in [4.69, 9.17) is 10.8 Å². The summed E-state index contributed by atoms with van der Waals surface area (Å²) < 4.78 is 0. The summed E-state index contributed by atoms with van der Waals surface area (Å²) in [4.78, 5) is 22.8. The van der Waals surface area contributed by atoms with E-state index in [0.717, 1.165) is 5.82 Å². The standard InChI is InChI=1S/C11H17N5O2/c1-7-5-15(6-8(2)16(7)11(17)18)10-4-13-9(12)3-14-10/h3-4,7-8H,5-6H2,1-2H3,(H2,12,13)(H,17,18)/t7-,8+. The number of carboxylic acid groups (broad SMARTS) is 1. The summed E-state index contributed by atoms with van der Waals surface area (Å²) in [6, 6.07) is -0.156. The lowest BCUT2D eigenvalue weighted by atomic mass is 10.1. The summed E-state index contributed by atoms with van der Waals surface area (Å²) in [7, 11) is 0. The van der Waals surface area contributed by atoms with Crippen molar-refractivity contribution in [3.63, 3.8) is 0 Å². The Morgan fingerprint density at radius 2 is 1.94 bits per heavy atom. The summed E-state index contributed by atoms with van der Waals surface area (Å²) in [6.45, 7) is 4.99. The van der Waals surface area contributed by atoms with Crippen LogP contribution in [0.1, 0.15) is 13.8 Å². The molecule has 98 valence electrons. The van der Waals surface area contributed by atoms with Crippen molar-refractivity contribution >= 4 is 17.7 Å². The minimum atomic E-state index is -0.877. The van der Waals surface area contributed by atoms with Gasteiger partial charge in [-0.25, -0.2) is 14.8 Å². The molecular formula is C11H17N5O2. The molecule has 1 saturated heterocycles. The average molecular weight is 251 g/mol. The molecule has 1 aromatic heterocycles. The maximum Gasteiger partial charge on any atom is 0.407 e. The van der Waals surface area contributed by atoms with E-state index in [0.29, 0.717) is 18.9 Å². The first-order chi connectivity index (χ1) is 8.49. The molecule has 2 atom stereocenters. The van der Waals surface area contributed by atoms with Gasteiger partial charge in [-0.1, -0.05) is 0 Å². The molecule has 1 aromatic rings. The second-order valence-electron chi connectivity index (χ2n) is 4.59. The van der Waals surface area contributed by atoms with Crippen LogP contribution in [0.15, 0.2) is 12.4 Å². The fourth-order valence-electron chi connectivity index (χ4n) is 2.38. The van der Waals surface area contributed by atoms with Crippen LogP contribution in [-0.4, -0.2) is 51.2 Å². The molecule has 1 aliphatic heterocycles. The van der Waals surface area contributed by atoms with Crippen LogP contribution in [0.3, 0.4) is 0 Å². The number of rotatable bonds is 1. The van der Waals surface area contributed by atoms with Gasteiger partial charge in [-0.15, -0.1) is 0 Å². The van der Waals surface area contributed by atoms with Crippen LogP contribution in [0.4, 0.5) is 16.4 Å². The molecule has 0 spiro atoms. The second kappa shape index (κ2) is 4.67. The SMILES string of the molecule is C[C@@H]1CN(c2cnc(N)cn2)C[C@H](C)N1C(=O)O. The molecule has 2 heterocycles. The quantitative estimate of drug-likeness (QED) is 0.760. The van der Waals surface area contributed by atoms with Gasteiger partial charge in [0.05, 0.1) is 24.5 Å². The third-order valence-corrected chi connectivity index (χ3v) is 3.12. The Morgan fingerprint density at radius 3 is 2.39 bits per heavy atom. The van der Waals surface area contributed by atoms with Gasteiger partial charge in [-0.05, 0) is 13.8 Å². The van der Waals surface area contributed by atoms with Crippen LogP contribution in [0.5, 0.6) is 0 Å². The number of hydrogen-bond acceptors (Lipinski definition) is 5. The van der Waals surface area contributed by atoms with E-state index < -0.39 is 6.09 Å². The number of piperazine rings is 1. The van der Waals surface area contributed by atoms with E-state index in [-0.39, 0.29) is 12.1 Å². The highest BCUT2D eigenvalue weighted by Gasteiger charge is 2.33. The minimum absolute atomic E-state index is 0.0781. The highest BCUT2D eigenvalue weighted by atomic mass is 16.4. The topological polar surface area (TPSA) is 95.6 Å². The van der Waals surface area contributed by atoms with Gasteiger partial charge in [0.2, 0.25) is 0 Å². The molecule has 1 amide bonds. The van der Waals surface area contributed by atoms with Crippen molar-refractivity contribution in [3.8, 4) is 0 Å². The molecule has 0 aromatic carbocycles. The smallest absolute Gasteiger partial charge is 0.407 e. The Kier molecular flexibility index (Phi) is 3.22. The molecule has 7 nitrogen and oxygen atoms in total. The van der Waals surface area contributed by atoms with E-state index in [9.17, 15) is 4.79 Å². The molecule has 7 heteroatoms. The number of carbonyl (C=O) groups is 1. The molecule has 0 unspecified atom stereocenters. The fraction of sp³-hybridized carbons (Fsp3) is 0.545. The number of amides is 1. The highest BCUT2D eigenvalue weighted by molar-refractivity contribution is 5.66. The van der Waals surface area contributed by atoms with E-state index in [1.165, 1.54) is 11.1 Å². The maximum absolute atomic E-state index is 11.1. The van der Waals surface area contributed by atoms with Crippen LogP contribution in [0, 0.1) is 0 Å². The van der Waals surface area contributed by atoms with E-state index in [2.05, 4.69) is 9.97 Å². The number of hydrogen-bond donors (Lipinski definition) is 2. The number of aromatic nitrogens is 2. The van der Waals surface area contributed by atoms with Crippen LogP contribution in [-0.2, 0) is 0 Å². The summed E-state index contributed by atoms with van der Waals surface area (Å²) in [6.07, 6.45) is 2.25. The third kappa shape index (κ3) is 2.29. The average Bonchev–Trinajstić information content (AvgIpc) is 2.28. The van der Waals surface area contributed by atoms with Crippen LogP contribution < -0.4 is 10.6 Å². The first-order valence-corrected chi connectivity index (χ1v) is 5.82. The molecule has 0 bridgehead atoms. The Labute approximate surface area is 105 Å². The summed E-state index contributed by atoms with van der Waals surface area (Å²) in [5.41, 5.74) is 5.49. The number of nitrogens with two attached hydrogens (primary N) is 1. The van der Waals surface area contributed by atoms with Gasteiger partial charge in [0, 0.05) is 13.1 Å². The lowest BCUT2D eigenvalue weighted by molar-refractivity contribution is 0.0981. The summed E-state index contributed by atoms with van der Waals surface area (Å²) in [5, 5.41) is 9.14. The zero-order valence-corrected chi connectivity index (χ0v) is 10.4. The number of nitrogens with zero attached hydrogens (tertiary/aromatic N) is 4. The van der Waals surface area contributed by atoms with Crippen molar-refractivity contribution < 1.29 is 9.90 Å². The van der Waals surface area contributed by atoms with E-state index in [1.807, 2.05) is 18.7 Å². The van der Waals surface area contributed by atoms with Crippen LogP contribution >= 0.6 is 0 Å². The summed E-state index contributed by atoms with van der Waals surface area (Å²) >= 11 is 0. The molecule has 1 aliphatic rings. The van der Waals surface area contributed by atoms with Crippen molar-refractivity contribution in [1.29, 1.82) is 0 Å². The van der Waals surface area contributed by atoms with E-state index >= 15 is 0 Å². The minimum Gasteiger partial charge on any atom is -0.465 e. The van der Waals surface area contributed by atoms with Crippen molar-refractivity contribution in [2.45, 2.75) is 25.9 Å². The van der Waals surface area contributed by atoms with Gasteiger partial charge in [0.1, 0.15) is 11.6 Å². The Balaban J connectivity index is 2.15. The van der Waals surface area contributed by atoms with Crippen molar-refractivity contribution in [2.75, 3.05) is 23.7 Å². The molecule has 0 saturated carbocycles. The first kappa shape index (κ1) is 12.4. The number of anilines is 2. The Bertz CT molecular complexity index is 424. The van der Waals surface area contributed by atoms with Crippen molar-refractivity contribution in [1.82, 2.24) is 14.9 Å². The molecule has 1 fully saturated rings. The monoisotopic (exact) mass is 251 g/mol. The van der Waals surface area contributed by atoms with Crippen LogP contribution in [0.25, 0.3) is 0 Å². The molecular weight excluding hydrogens is 234 g/mol. The predicted octanol–water partition coefficient (Wildman–Crippen LogP) is 0.636. The van der Waals surface area contributed by atoms with Crippen molar-refractivity contribution in [2.24, 2.45) is 0 Å². The van der Waals surface area contributed by atoms with Gasteiger partial charge in [0.15, 0.2) is 0 Å². The molecule has 2 rings (SSSR count). The Morgan fingerprint density at radius 1 is 1.33 bits per heavy atom. The van der Waals surface area contributed by atoms with Gasteiger partial charge < -0.3 is 15.7 Å². The zero-order valence-electron chi connectivity index (χ0n) is 10.4. The highest BCUT2D eigenvalue weighted by Crippen LogP contribution is 2.20. The predicted molar refractivity (Wildman–Crippen MR) is 67.4 cm³/mol. The molecule has 0 aliphatic carbocycles. The van der Waals surface area contributed by atoms with Gasteiger partial charge in [-0.2, -0.15) is 0 Å². The fourth-order valence-corrected chi connectivity index (χ4v) is 2.38. The lowest BCUT2D eigenvalue weighted by Crippen LogP contribution is -2.58. The maximum atomic E-state index is 11.1. The largest absolute Gasteiger partial charge is 0.465 e. The van der Waals surface area contributed by atoms with Gasteiger partial charge in [0.25, 0.3) is 0 Å². The number of nitrogen functional groups attached to an aromatic ring is 1. The van der Waals surface area contributed by atoms with Crippen LogP contribution in [0.2, 0.25) is 0 Å². The third-order valence-electron chi connectivity index (χ3n) is 3.12. The Hall–Kier alpha value is -2.05. The molecule has 0 radical (unpaired) electrons. The zero-order chi connectivity index (χ0) is 13.3. The lowest BCUT2D eigenvalue weighted by Gasteiger charge is -2.43. The normalized spacial score (nSPS) is 24.1. The van der Waals surface area contributed by atoms with Crippen molar-refractivity contribution in [3.05, 3.63) is 12.4 Å². The van der Waals surface area contributed by atoms with Gasteiger partial charge in [-0.3, -0.25) is 4.90 Å². The van der Waals surface area contributed by atoms with E-state index in [1.54, 1.807) is 6.20 Å².